The number of hydrogen-bond donors (Lipinski definition) is 1. The van der Waals surface area contributed by atoms with Crippen LogP contribution in [-0.4, -0.2) is 62.7 Å². The fraction of sp³-hybridized carbons (Fsp3) is 1.00. The number of nitrogens with one attached hydrogen (secondary N) is 1. The van der Waals surface area contributed by atoms with E-state index in [9.17, 15) is 0 Å². The minimum atomic E-state index is 0.673. The van der Waals surface area contributed by atoms with E-state index in [2.05, 4.69) is 50.0 Å². The van der Waals surface area contributed by atoms with Crippen LogP contribution in [0.5, 0.6) is 0 Å². The summed E-state index contributed by atoms with van der Waals surface area (Å²) in [5.41, 5.74) is 0. The van der Waals surface area contributed by atoms with E-state index in [1.807, 2.05) is 0 Å². The van der Waals surface area contributed by atoms with Crippen molar-refractivity contribution in [1.82, 2.24) is 15.1 Å². The number of rotatable bonds is 13. The summed E-state index contributed by atoms with van der Waals surface area (Å²) in [5.74, 6) is 0. The molecule has 0 aromatic rings. The average Bonchev–Trinajstić information content (AvgIpc) is 2.37. The topological polar surface area (TPSA) is 18.5 Å². The van der Waals surface area contributed by atoms with Gasteiger partial charge < -0.3 is 15.1 Å². The van der Waals surface area contributed by atoms with Crippen molar-refractivity contribution in [2.24, 2.45) is 0 Å². The van der Waals surface area contributed by atoms with Gasteiger partial charge in [-0.05, 0) is 53.5 Å². The van der Waals surface area contributed by atoms with E-state index in [1.54, 1.807) is 0 Å². The van der Waals surface area contributed by atoms with Crippen molar-refractivity contribution in [3.63, 3.8) is 0 Å². The largest absolute Gasteiger partial charge is 0.313 e. The van der Waals surface area contributed by atoms with Crippen molar-refractivity contribution in [2.75, 3.05) is 46.8 Å². The molecule has 0 aliphatic carbocycles. The van der Waals surface area contributed by atoms with Crippen LogP contribution in [0.25, 0.3) is 0 Å². The van der Waals surface area contributed by atoms with E-state index in [4.69, 9.17) is 0 Å². The molecule has 0 aromatic carbocycles. The Morgan fingerprint density at radius 3 is 2.26 bits per heavy atom. The number of unbranched alkanes of at least 4 members (excludes halogenated alkanes) is 2. The quantitative estimate of drug-likeness (QED) is 0.520. The molecule has 0 rings (SSSR count). The van der Waals surface area contributed by atoms with Gasteiger partial charge in [-0.15, -0.1) is 0 Å². The van der Waals surface area contributed by atoms with Crippen molar-refractivity contribution in [2.45, 2.75) is 58.9 Å². The Hall–Kier alpha value is -0.120. The molecular formula is C16H37N3. The third-order valence-corrected chi connectivity index (χ3v) is 3.69. The Morgan fingerprint density at radius 1 is 0.947 bits per heavy atom. The van der Waals surface area contributed by atoms with Crippen LogP contribution < -0.4 is 5.32 Å². The van der Waals surface area contributed by atoms with Crippen LogP contribution >= 0.6 is 0 Å². The molecule has 1 atom stereocenters. The van der Waals surface area contributed by atoms with Crippen molar-refractivity contribution >= 4 is 0 Å². The summed E-state index contributed by atoms with van der Waals surface area (Å²) in [6.45, 7) is 12.7. The molecule has 0 aromatic heterocycles. The van der Waals surface area contributed by atoms with E-state index < -0.39 is 0 Å². The second-order valence-corrected chi connectivity index (χ2v) is 5.94. The van der Waals surface area contributed by atoms with Crippen LogP contribution in [0.1, 0.15) is 52.9 Å². The fourth-order valence-corrected chi connectivity index (χ4v) is 2.31. The monoisotopic (exact) mass is 271 g/mol. The van der Waals surface area contributed by atoms with E-state index in [0.29, 0.717) is 6.04 Å². The lowest BCUT2D eigenvalue weighted by Crippen LogP contribution is -2.37. The summed E-state index contributed by atoms with van der Waals surface area (Å²) in [5, 5.41) is 3.65. The summed E-state index contributed by atoms with van der Waals surface area (Å²) in [4.78, 5) is 4.82. The summed E-state index contributed by atoms with van der Waals surface area (Å²) in [6, 6.07) is 0.673. The molecule has 0 bridgehead atoms. The number of hydrogen-bond acceptors (Lipinski definition) is 3. The molecule has 0 saturated heterocycles. The van der Waals surface area contributed by atoms with Crippen LogP contribution in [0.3, 0.4) is 0 Å². The van der Waals surface area contributed by atoms with Crippen molar-refractivity contribution in [1.29, 1.82) is 0 Å². The van der Waals surface area contributed by atoms with Crippen molar-refractivity contribution < 1.29 is 0 Å². The second kappa shape index (κ2) is 12.9. The molecule has 116 valence electrons. The van der Waals surface area contributed by atoms with Crippen LogP contribution in [0.4, 0.5) is 0 Å². The highest BCUT2D eigenvalue weighted by Crippen LogP contribution is 2.02. The van der Waals surface area contributed by atoms with Gasteiger partial charge in [0.05, 0.1) is 0 Å². The first-order chi connectivity index (χ1) is 9.10. The first-order valence-corrected chi connectivity index (χ1v) is 8.20. The lowest BCUT2D eigenvalue weighted by atomic mass is 10.1. The minimum Gasteiger partial charge on any atom is -0.313 e. The predicted octanol–water partition coefficient (Wildman–Crippen LogP) is 2.82. The molecule has 0 saturated carbocycles. The van der Waals surface area contributed by atoms with Gasteiger partial charge in [0.1, 0.15) is 0 Å². The summed E-state index contributed by atoms with van der Waals surface area (Å²) < 4.78 is 0. The van der Waals surface area contributed by atoms with Gasteiger partial charge in [-0.2, -0.15) is 0 Å². The Labute approximate surface area is 121 Å². The first-order valence-electron chi connectivity index (χ1n) is 8.20. The van der Waals surface area contributed by atoms with Crippen LogP contribution in [0, 0.1) is 0 Å². The summed E-state index contributed by atoms with van der Waals surface area (Å²) >= 11 is 0. The van der Waals surface area contributed by atoms with Crippen LogP contribution in [0.2, 0.25) is 0 Å². The van der Waals surface area contributed by atoms with Crippen molar-refractivity contribution in [3.05, 3.63) is 0 Å². The van der Waals surface area contributed by atoms with Gasteiger partial charge in [0.15, 0.2) is 0 Å². The molecule has 0 heterocycles. The highest BCUT2D eigenvalue weighted by atomic mass is 15.1. The molecular weight excluding hydrogens is 234 g/mol. The SMILES string of the molecule is CCCCCC(C)NCCN(CC)CCCN(C)C. The maximum absolute atomic E-state index is 3.65. The van der Waals surface area contributed by atoms with Gasteiger partial charge in [-0.3, -0.25) is 0 Å². The van der Waals surface area contributed by atoms with Crippen LogP contribution in [-0.2, 0) is 0 Å². The normalized spacial score (nSPS) is 13.4. The molecule has 3 heteroatoms. The van der Waals surface area contributed by atoms with E-state index in [1.165, 1.54) is 58.3 Å². The van der Waals surface area contributed by atoms with Crippen LogP contribution in [0.15, 0.2) is 0 Å². The number of nitrogens with zero attached hydrogens (tertiary/aromatic N) is 2. The third-order valence-electron chi connectivity index (χ3n) is 3.69. The summed E-state index contributed by atoms with van der Waals surface area (Å²) in [6.07, 6.45) is 6.65. The maximum atomic E-state index is 3.65. The van der Waals surface area contributed by atoms with Gasteiger partial charge in [0.2, 0.25) is 0 Å². The Kier molecular flexibility index (Phi) is 12.8. The molecule has 1 unspecified atom stereocenters. The minimum absolute atomic E-state index is 0.673. The third kappa shape index (κ3) is 12.6. The molecule has 0 aliphatic rings. The Morgan fingerprint density at radius 2 is 1.68 bits per heavy atom. The molecule has 0 fully saturated rings. The smallest absolute Gasteiger partial charge is 0.0107 e. The van der Waals surface area contributed by atoms with Gasteiger partial charge in [0.25, 0.3) is 0 Å². The Bertz CT molecular complexity index is 183. The molecule has 19 heavy (non-hydrogen) atoms. The standard InChI is InChI=1S/C16H37N3/c1-6-8-9-11-16(3)17-12-15-19(7-2)14-10-13-18(4)5/h16-17H,6-15H2,1-5H3. The van der Waals surface area contributed by atoms with Gasteiger partial charge in [-0.1, -0.05) is 33.1 Å². The van der Waals surface area contributed by atoms with E-state index in [-0.39, 0.29) is 0 Å². The molecule has 0 amide bonds. The van der Waals surface area contributed by atoms with Gasteiger partial charge >= 0.3 is 0 Å². The zero-order valence-electron chi connectivity index (χ0n) is 14.0. The fourth-order valence-electron chi connectivity index (χ4n) is 2.31. The first kappa shape index (κ1) is 18.9. The molecule has 0 aliphatic heterocycles. The highest BCUT2D eigenvalue weighted by Gasteiger charge is 2.04. The average molecular weight is 271 g/mol. The zero-order chi connectivity index (χ0) is 14.5. The van der Waals surface area contributed by atoms with Gasteiger partial charge in [-0.25, -0.2) is 0 Å². The molecule has 0 radical (unpaired) electrons. The van der Waals surface area contributed by atoms with E-state index >= 15 is 0 Å². The molecule has 3 nitrogen and oxygen atoms in total. The molecule has 1 N–H and O–H groups in total. The molecule has 0 spiro atoms. The number of likely N-dealkylation sites (N-methyl/N-ethyl adjacent to an activating group) is 1. The summed E-state index contributed by atoms with van der Waals surface area (Å²) in [7, 11) is 4.30. The predicted molar refractivity (Wildman–Crippen MR) is 86.9 cm³/mol. The van der Waals surface area contributed by atoms with E-state index in [0.717, 1.165) is 6.54 Å². The Balaban J connectivity index is 3.53. The van der Waals surface area contributed by atoms with Crippen molar-refractivity contribution in [3.8, 4) is 0 Å². The lowest BCUT2D eigenvalue weighted by Gasteiger charge is -2.23. The maximum Gasteiger partial charge on any atom is 0.0107 e. The van der Waals surface area contributed by atoms with Gasteiger partial charge in [0, 0.05) is 19.1 Å². The zero-order valence-corrected chi connectivity index (χ0v) is 14.0. The highest BCUT2D eigenvalue weighted by molar-refractivity contribution is 4.64. The second-order valence-electron chi connectivity index (χ2n) is 5.94. The lowest BCUT2D eigenvalue weighted by molar-refractivity contribution is 0.262.